The zero-order valence-electron chi connectivity index (χ0n) is 11.7. The van der Waals surface area contributed by atoms with Crippen molar-refractivity contribution < 1.29 is 9.72 Å². The summed E-state index contributed by atoms with van der Waals surface area (Å²) in [6.07, 6.45) is 1.87. The average Bonchev–Trinajstić information content (AvgIpc) is 2.91. The highest BCUT2D eigenvalue weighted by Gasteiger charge is 2.18. The summed E-state index contributed by atoms with van der Waals surface area (Å²) in [5, 5.41) is 17.8. The van der Waals surface area contributed by atoms with Gasteiger partial charge in [0.05, 0.1) is 9.80 Å². The van der Waals surface area contributed by atoms with Crippen LogP contribution in [0.1, 0.15) is 22.5 Å². The minimum absolute atomic E-state index is 0. The molecule has 118 valence electrons. The van der Waals surface area contributed by atoms with Crippen LogP contribution in [-0.4, -0.2) is 30.0 Å². The van der Waals surface area contributed by atoms with Gasteiger partial charge in [-0.25, -0.2) is 0 Å². The smallest absolute Gasteiger partial charge is 0.270 e. The fraction of sp³-hybridized carbons (Fsp3) is 0.357. The van der Waals surface area contributed by atoms with Crippen LogP contribution in [0.3, 0.4) is 0 Å². The number of hydrogen-bond acceptors (Lipinski definition) is 5. The monoisotopic (exact) mass is 341 g/mol. The van der Waals surface area contributed by atoms with Crippen molar-refractivity contribution in [2.75, 3.05) is 13.1 Å². The third kappa shape index (κ3) is 3.55. The Balaban J connectivity index is 0.00000176. The highest BCUT2D eigenvalue weighted by Crippen LogP contribution is 2.29. The van der Waals surface area contributed by atoms with Crippen LogP contribution >= 0.6 is 23.7 Å². The maximum absolute atomic E-state index is 12.2. The Morgan fingerprint density at radius 2 is 2.05 bits per heavy atom. The van der Waals surface area contributed by atoms with Crippen LogP contribution in [0.5, 0.6) is 0 Å². The predicted molar refractivity (Wildman–Crippen MR) is 89.1 cm³/mol. The normalized spacial score (nSPS) is 15.3. The van der Waals surface area contributed by atoms with Crippen molar-refractivity contribution in [3.8, 4) is 0 Å². The van der Waals surface area contributed by atoms with Gasteiger partial charge in [0.2, 0.25) is 0 Å². The predicted octanol–water partition coefficient (Wildman–Crippen LogP) is 2.71. The number of benzene rings is 1. The van der Waals surface area contributed by atoms with Gasteiger partial charge in [0.1, 0.15) is 0 Å². The number of hydrogen-bond donors (Lipinski definition) is 2. The molecule has 0 atom stereocenters. The number of non-ortho nitro benzene ring substituents is 1. The molecule has 22 heavy (non-hydrogen) atoms. The fourth-order valence-corrected chi connectivity index (χ4v) is 3.43. The first-order valence-corrected chi connectivity index (χ1v) is 7.65. The number of nitro groups is 1. The molecule has 0 saturated carbocycles. The number of carbonyl (C=O) groups is 1. The van der Waals surface area contributed by atoms with Gasteiger partial charge in [-0.3, -0.25) is 14.9 Å². The lowest BCUT2D eigenvalue weighted by Crippen LogP contribution is -2.42. The number of nitro benzene ring substituents is 1. The van der Waals surface area contributed by atoms with Crippen molar-refractivity contribution in [2.24, 2.45) is 0 Å². The quantitative estimate of drug-likeness (QED) is 0.664. The Bertz CT molecular complexity index is 698. The maximum atomic E-state index is 12.2. The molecule has 1 aromatic heterocycles. The highest BCUT2D eigenvalue weighted by molar-refractivity contribution is 7.20. The molecule has 0 unspecified atom stereocenters. The number of nitrogens with one attached hydrogen (secondary N) is 2. The summed E-state index contributed by atoms with van der Waals surface area (Å²) < 4.78 is 0.885. The second-order valence-corrected chi connectivity index (χ2v) is 6.17. The van der Waals surface area contributed by atoms with E-state index in [1.165, 1.54) is 23.5 Å². The highest BCUT2D eigenvalue weighted by atomic mass is 35.5. The van der Waals surface area contributed by atoms with Gasteiger partial charge in [-0.15, -0.1) is 23.7 Å². The standard InChI is InChI=1S/C14H15N3O3S.ClH/c18-14(16-10-3-5-15-6-4-10)13-8-9-7-11(17(19)20)1-2-12(9)21-13;/h1-2,7-8,10,15H,3-6H2,(H,16,18);1H. The Labute approximate surface area is 137 Å². The molecule has 1 fully saturated rings. The van der Waals surface area contributed by atoms with E-state index in [0.29, 0.717) is 4.88 Å². The number of piperidine rings is 1. The van der Waals surface area contributed by atoms with E-state index in [2.05, 4.69) is 10.6 Å². The molecule has 1 aromatic carbocycles. The molecular weight excluding hydrogens is 326 g/mol. The lowest BCUT2D eigenvalue weighted by Gasteiger charge is -2.23. The number of rotatable bonds is 3. The van der Waals surface area contributed by atoms with E-state index < -0.39 is 4.92 Å². The van der Waals surface area contributed by atoms with Gasteiger partial charge in [0.15, 0.2) is 0 Å². The zero-order valence-corrected chi connectivity index (χ0v) is 13.3. The van der Waals surface area contributed by atoms with E-state index in [9.17, 15) is 14.9 Å². The molecule has 0 aliphatic carbocycles. The summed E-state index contributed by atoms with van der Waals surface area (Å²) in [6, 6.07) is 6.60. The second kappa shape index (κ2) is 7.04. The molecule has 1 saturated heterocycles. The molecule has 3 rings (SSSR count). The number of fused-ring (bicyclic) bond motifs is 1. The molecule has 2 aromatic rings. The van der Waals surface area contributed by atoms with Gasteiger partial charge < -0.3 is 10.6 Å². The fourth-order valence-electron chi connectivity index (χ4n) is 2.48. The summed E-state index contributed by atoms with van der Waals surface area (Å²) in [7, 11) is 0. The van der Waals surface area contributed by atoms with Crippen LogP contribution in [-0.2, 0) is 0 Å². The summed E-state index contributed by atoms with van der Waals surface area (Å²) in [5.41, 5.74) is 0.0469. The topological polar surface area (TPSA) is 84.3 Å². The van der Waals surface area contributed by atoms with Crippen molar-refractivity contribution in [1.82, 2.24) is 10.6 Å². The van der Waals surface area contributed by atoms with Crippen LogP contribution in [0.2, 0.25) is 0 Å². The molecule has 1 amide bonds. The van der Waals surface area contributed by atoms with Crippen LogP contribution < -0.4 is 10.6 Å². The van der Waals surface area contributed by atoms with Gasteiger partial charge in [-0.1, -0.05) is 0 Å². The van der Waals surface area contributed by atoms with Crippen molar-refractivity contribution in [3.63, 3.8) is 0 Å². The molecule has 0 bridgehead atoms. The molecule has 2 heterocycles. The minimum atomic E-state index is -0.425. The average molecular weight is 342 g/mol. The van der Waals surface area contributed by atoms with Gasteiger partial charge in [-0.05, 0) is 38.1 Å². The Morgan fingerprint density at radius 3 is 2.73 bits per heavy atom. The summed E-state index contributed by atoms with van der Waals surface area (Å²) in [6.45, 7) is 1.84. The SMILES string of the molecule is Cl.O=C(NC1CCNCC1)c1cc2cc([N+](=O)[O-])ccc2s1. The minimum Gasteiger partial charge on any atom is -0.349 e. The summed E-state index contributed by atoms with van der Waals surface area (Å²) in [4.78, 5) is 23.2. The first-order chi connectivity index (χ1) is 10.1. The van der Waals surface area contributed by atoms with E-state index in [4.69, 9.17) is 0 Å². The van der Waals surface area contributed by atoms with Crippen LogP contribution in [0.25, 0.3) is 10.1 Å². The molecule has 8 heteroatoms. The van der Waals surface area contributed by atoms with E-state index in [1.807, 2.05) is 0 Å². The van der Waals surface area contributed by atoms with Crippen molar-refractivity contribution in [2.45, 2.75) is 18.9 Å². The number of amides is 1. The third-order valence-electron chi connectivity index (χ3n) is 3.61. The van der Waals surface area contributed by atoms with E-state index in [0.717, 1.165) is 36.0 Å². The van der Waals surface area contributed by atoms with Crippen molar-refractivity contribution >= 4 is 45.4 Å². The Kier molecular flexibility index (Phi) is 5.33. The van der Waals surface area contributed by atoms with E-state index in [-0.39, 0.29) is 30.0 Å². The molecule has 1 aliphatic rings. The van der Waals surface area contributed by atoms with Crippen molar-refractivity contribution in [1.29, 1.82) is 0 Å². The van der Waals surface area contributed by atoms with Crippen LogP contribution in [0, 0.1) is 10.1 Å². The second-order valence-electron chi connectivity index (χ2n) is 5.09. The largest absolute Gasteiger partial charge is 0.349 e. The molecular formula is C14H16ClN3O3S. The summed E-state index contributed by atoms with van der Waals surface area (Å²) in [5.74, 6) is -0.0919. The number of carbonyl (C=O) groups excluding carboxylic acids is 1. The summed E-state index contributed by atoms with van der Waals surface area (Å²) >= 11 is 1.36. The lowest BCUT2D eigenvalue weighted by atomic mass is 10.1. The van der Waals surface area contributed by atoms with Crippen LogP contribution in [0.15, 0.2) is 24.3 Å². The van der Waals surface area contributed by atoms with E-state index >= 15 is 0 Å². The number of halogens is 1. The Morgan fingerprint density at radius 1 is 1.32 bits per heavy atom. The van der Waals surface area contributed by atoms with E-state index in [1.54, 1.807) is 12.1 Å². The number of thiophene rings is 1. The maximum Gasteiger partial charge on any atom is 0.270 e. The first-order valence-electron chi connectivity index (χ1n) is 6.83. The molecule has 0 radical (unpaired) electrons. The first kappa shape index (κ1) is 16.7. The van der Waals surface area contributed by atoms with Crippen molar-refractivity contribution in [3.05, 3.63) is 39.3 Å². The van der Waals surface area contributed by atoms with Gasteiger partial charge in [0, 0.05) is 28.3 Å². The molecule has 1 aliphatic heterocycles. The molecule has 2 N–H and O–H groups in total. The molecule has 0 spiro atoms. The van der Waals surface area contributed by atoms with Crippen LogP contribution in [0.4, 0.5) is 5.69 Å². The zero-order chi connectivity index (χ0) is 14.8. The third-order valence-corrected chi connectivity index (χ3v) is 4.72. The lowest BCUT2D eigenvalue weighted by molar-refractivity contribution is -0.384. The van der Waals surface area contributed by atoms with Gasteiger partial charge in [0.25, 0.3) is 11.6 Å². The number of nitrogens with zero attached hydrogens (tertiary/aromatic N) is 1. The van der Waals surface area contributed by atoms with Gasteiger partial charge >= 0.3 is 0 Å². The Hall–Kier alpha value is -1.70. The van der Waals surface area contributed by atoms with Gasteiger partial charge in [-0.2, -0.15) is 0 Å². The molecule has 6 nitrogen and oxygen atoms in total.